The molecule has 0 aliphatic rings. The van der Waals surface area contributed by atoms with Crippen molar-refractivity contribution in [3.05, 3.63) is 71.3 Å². The molecule has 2 aromatic carbocycles. The molecule has 0 atom stereocenters. The van der Waals surface area contributed by atoms with Gasteiger partial charge in [0.25, 0.3) is 0 Å². The molecule has 0 aliphatic heterocycles. The van der Waals surface area contributed by atoms with Crippen LogP contribution in [-0.4, -0.2) is 12.6 Å². The fourth-order valence-corrected chi connectivity index (χ4v) is 1.61. The number of carbonyl (C=O) groups is 1. The molecule has 0 saturated heterocycles. The normalized spacial score (nSPS) is 9.55. The van der Waals surface area contributed by atoms with Gasteiger partial charge in [-0.05, 0) is 23.8 Å². The molecule has 0 fully saturated rings. The molecule has 22 heavy (non-hydrogen) atoms. The van der Waals surface area contributed by atoms with Gasteiger partial charge < -0.3 is 10.1 Å². The Kier molecular flexibility index (Phi) is 5.50. The molecule has 1 N–H and O–H groups in total. The zero-order chi connectivity index (χ0) is 15.8. The van der Waals surface area contributed by atoms with E-state index in [1.54, 1.807) is 0 Å². The van der Waals surface area contributed by atoms with Crippen molar-refractivity contribution < 1.29 is 18.3 Å². The predicted molar refractivity (Wildman–Crippen MR) is 77.9 cm³/mol. The van der Waals surface area contributed by atoms with Crippen LogP contribution in [0.1, 0.15) is 11.1 Å². The van der Waals surface area contributed by atoms with Gasteiger partial charge in [-0.25, -0.2) is 13.6 Å². The van der Waals surface area contributed by atoms with Gasteiger partial charge in [0.2, 0.25) is 0 Å². The third kappa shape index (κ3) is 4.91. The van der Waals surface area contributed by atoms with Gasteiger partial charge in [0.05, 0.1) is 6.54 Å². The van der Waals surface area contributed by atoms with E-state index in [4.69, 9.17) is 4.74 Å². The van der Waals surface area contributed by atoms with Gasteiger partial charge in [-0.1, -0.05) is 42.2 Å². The summed E-state index contributed by atoms with van der Waals surface area (Å²) in [5, 5.41) is 2.45. The summed E-state index contributed by atoms with van der Waals surface area (Å²) in [6.45, 7) is 0.218. The van der Waals surface area contributed by atoms with Crippen LogP contribution < -0.4 is 5.32 Å². The minimum absolute atomic E-state index is 0.0482. The van der Waals surface area contributed by atoms with Crippen LogP contribution in [0.25, 0.3) is 0 Å². The second kappa shape index (κ2) is 7.79. The molecular weight excluding hydrogens is 288 g/mol. The lowest BCUT2D eigenvalue weighted by Gasteiger charge is -2.04. The molecule has 5 heteroatoms. The fraction of sp³-hybridized carbons (Fsp3) is 0.118. The van der Waals surface area contributed by atoms with Crippen molar-refractivity contribution in [3.8, 4) is 11.8 Å². The van der Waals surface area contributed by atoms with E-state index in [9.17, 15) is 13.6 Å². The fourth-order valence-electron chi connectivity index (χ4n) is 1.61. The topological polar surface area (TPSA) is 38.3 Å². The largest absolute Gasteiger partial charge is 0.445 e. The summed E-state index contributed by atoms with van der Waals surface area (Å²) in [6.07, 6.45) is -0.594. The first kappa shape index (κ1) is 15.5. The van der Waals surface area contributed by atoms with Crippen LogP contribution in [-0.2, 0) is 11.3 Å². The van der Waals surface area contributed by atoms with Crippen molar-refractivity contribution in [3.63, 3.8) is 0 Å². The summed E-state index contributed by atoms with van der Waals surface area (Å²) >= 11 is 0. The van der Waals surface area contributed by atoms with Gasteiger partial charge in [0.1, 0.15) is 6.61 Å². The zero-order valence-corrected chi connectivity index (χ0v) is 11.6. The van der Waals surface area contributed by atoms with E-state index in [1.807, 2.05) is 30.3 Å². The predicted octanol–water partition coefficient (Wildman–Crippen LogP) is 3.24. The molecule has 1 amide bonds. The monoisotopic (exact) mass is 301 g/mol. The van der Waals surface area contributed by atoms with Crippen molar-refractivity contribution in [2.45, 2.75) is 6.61 Å². The second-order valence-corrected chi connectivity index (χ2v) is 4.35. The Labute approximate surface area is 126 Å². The molecule has 0 aliphatic carbocycles. The Morgan fingerprint density at radius 3 is 2.59 bits per heavy atom. The number of benzene rings is 2. The van der Waals surface area contributed by atoms with Crippen LogP contribution in [0.3, 0.4) is 0 Å². The Bertz CT molecular complexity index is 706. The average Bonchev–Trinajstić information content (AvgIpc) is 2.54. The minimum atomic E-state index is -0.956. The van der Waals surface area contributed by atoms with E-state index in [0.717, 1.165) is 17.7 Å². The highest BCUT2D eigenvalue weighted by Gasteiger charge is 2.01. The molecule has 0 unspecified atom stereocenters. The van der Waals surface area contributed by atoms with Crippen LogP contribution in [0.5, 0.6) is 0 Å². The summed E-state index contributed by atoms with van der Waals surface area (Å²) in [5.41, 5.74) is 1.21. The maximum atomic E-state index is 12.9. The van der Waals surface area contributed by atoms with E-state index in [0.29, 0.717) is 5.56 Å². The first-order chi connectivity index (χ1) is 10.6. The number of ether oxygens (including phenoxy) is 1. The van der Waals surface area contributed by atoms with Crippen LogP contribution >= 0.6 is 0 Å². The highest BCUT2D eigenvalue weighted by atomic mass is 19.2. The summed E-state index contributed by atoms with van der Waals surface area (Å²) in [6, 6.07) is 12.6. The second-order valence-electron chi connectivity index (χ2n) is 4.35. The Balaban J connectivity index is 1.75. The molecule has 0 heterocycles. The van der Waals surface area contributed by atoms with Crippen LogP contribution in [0.4, 0.5) is 13.6 Å². The smallest absolute Gasteiger partial charge is 0.408 e. The van der Waals surface area contributed by atoms with Crippen molar-refractivity contribution in [2.24, 2.45) is 0 Å². The van der Waals surface area contributed by atoms with E-state index >= 15 is 0 Å². The minimum Gasteiger partial charge on any atom is -0.445 e. The summed E-state index contributed by atoms with van der Waals surface area (Å²) in [7, 11) is 0. The first-order valence-corrected chi connectivity index (χ1v) is 6.53. The van der Waals surface area contributed by atoms with E-state index in [-0.39, 0.29) is 13.2 Å². The molecule has 0 radical (unpaired) electrons. The molecule has 0 bridgehead atoms. The van der Waals surface area contributed by atoms with Crippen molar-refractivity contribution >= 4 is 6.09 Å². The SMILES string of the molecule is O=C(NCC#Cc1ccc(F)c(F)c1)OCc1ccccc1. The highest BCUT2D eigenvalue weighted by molar-refractivity contribution is 5.67. The standard InChI is InChI=1S/C17H13F2NO2/c18-15-9-8-13(11-16(15)19)7-4-10-20-17(21)22-12-14-5-2-1-3-6-14/h1-3,5-6,8-9,11H,10,12H2,(H,20,21). The highest BCUT2D eigenvalue weighted by Crippen LogP contribution is 2.07. The average molecular weight is 301 g/mol. The van der Waals surface area contributed by atoms with Gasteiger partial charge in [0.15, 0.2) is 11.6 Å². The van der Waals surface area contributed by atoms with Crippen molar-refractivity contribution in [1.29, 1.82) is 0 Å². The van der Waals surface area contributed by atoms with E-state index in [2.05, 4.69) is 17.2 Å². The zero-order valence-electron chi connectivity index (χ0n) is 11.6. The number of rotatable bonds is 3. The molecule has 3 nitrogen and oxygen atoms in total. The summed E-state index contributed by atoms with van der Waals surface area (Å²) in [4.78, 5) is 11.4. The molecule has 0 spiro atoms. The lowest BCUT2D eigenvalue weighted by molar-refractivity contribution is 0.141. The Morgan fingerprint density at radius 2 is 1.86 bits per heavy atom. The molecule has 112 valence electrons. The number of nitrogens with one attached hydrogen (secondary N) is 1. The number of alkyl carbamates (subject to hydrolysis) is 1. The molecule has 2 rings (SSSR count). The molecule has 2 aromatic rings. The molecule has 0 saturated carbocycles. The summed E-state index contributed by atoms with van der Waals surface area (Å²) in [5.74, 6) is 3.36. The lowest BCUT2D eigenvalue weighted by Crippen LogP contribution is -2.24. The summed E-state index contributed by atoms with van der Waals surface area (Å²) < 4.78 is 30.7. The van der Waals surface area contributed by atoms with Gasteiger partial charge in [0, 0.05) is 5.56 Å². The first-order valence-electron chi connectivity index (χ1n) is 6.53. The molecular formula is C17H13F2NO2. The third-order valence-corrected chi connectivity index (χ3v) is 2.69. The third-order valence-electron chi connectivity index (χ3n) is 2.69. The number of hydrogen-bond acceptors (Lipinski definition) is 2. The maximum absolute atomic E-state index is 12.9. The molecule has 0 aromatic heterocycles. The van der Waals surface area contributed by atoms with Gasteiger partial charge in [-0.2, -0.15) is 0 Å². The number of amides is 1. The number of carbonyl (C=O) groups excluding carboxylic acids is 1. The van der Waals surface area contributed by atoms with Crippen LogP contribution in [0.15, 0.2) is 48.5 Å². The number of hydrogen-bond donors (Lipinski definition) is 1. The van der Waals surface area contributed by atoms with Crippen LogP contribution in [0, 0.1) is 23.5 Å². The van der Waals surface area contributed by atoms with Gasteiger partial charge >= 0.3 is 6.09 Å². The Hall–Kier alpha value is -2.87. The van der Waals surface area contributed by atoms with Crippen molar-refractivity contribution in [2.75, 3.05) is 6.54 Å². The van der Waals surface area contributed by atoms with E-state index < -0.39 is 17.7 Å². The van der Waals surface area contributed by atoms with Gasteiger partial charge in [-0.3, -0.25) is 0 Å². The van der Waals surface area contributed by atoms with Gasteiger partial charge in [-0.15, -0.1) is 0 Å². The Morgan fingerprint density at radius 1 is 1.09 bits per heavy atom. The number of halogens is 2. The van der Waals surface area contributed by atoms with E-state index in [1.165, 1.54) is 6.07 Å². The van der Waals surface area contributed by atoms with Crippen LogP contribution in [0.2, 0.25) is 0 Å². The maximum Gasteiger partial charge on any atom is 0.408 e. The van der Waals surface area contributed by atoms with Crippen molar-refractivity contribution in [1.82, 2.24) is 5.32 Å². The quantitative estimate of drug-likeness (QED) is 0.884. The lowest BCUT2D eigenvalue weighted by atomic mass is 10.2.